The highest BCUT2D eigenvalue weighted by atomic mass is 35.7. The first-order valence-corrected chi connectivity index (χ1v) is 9.07. The van der Waals surface area contributed by atoms with Crippen LogP contribution >= 0.6 is 10.7 Å². The smallest absolute Gasteiger partial charge is 0.265 e. The maximum absolute atomic E-state index is 12.3. The van der Waals surface area contributed by atoms with Gasteiger partial charge in [0.2, 0.25) is 0 Å². The summed E-state index contributed by atoms with van der Waals surface area (Å²) < 4.78 is 28.1. The molecule has 0 radical (unpaired) electrons. The van der Waals surface area contributed by atoms with Gasteiger partial charge in [-0.15, -0.1) is 0 Å². The largest absolute Gasteiger partial charge is 0.495 e. The number of amides is 1. The van der Waals surface area contributed by atoms with E-state index in [1.807, 2.05) is 6.92 Å². The van der Waals surface area contributed by atoms with E-state index in [-0.39, 0.29) is 27.7 Å². The molecule has 1 aromatic rings. The van der Waals surface area contributed by atoms with E-state index in [9.17, 15) is 13.2 Å². The Kier molecular flexibility index (Phi) is 4.49. The second-order valence-corrected chi connectivity index (χ2v) is 7.78. The maximum atomic E-state index is 12.3. The van der Waals surface area contributed by atoms with Gasteiger partial charge in [-0.2, -0.15) is 0 Å². The molecule has 0 spiro atoms. The monoisotopic (exact) mass is 331 g/mol. The fourth-order valence-corrected chi connectivity index (χ4v) is 3.51. The van der Waals surface area contributed by atoms with Gasteiger partial charge in [-0.3, -0.25) is 4.79 Å². The molecule has 1 aliphatic carbocycles. The molecule has 0 atom stereocenters. The lowest BCUT2D eigenvalue weighted by Gasteiger charge is -2.42. The molecule has 0 unspecified atom stereocenters. The number of rotatable bonds is 5. The van der Waals surface area contributed by atoms with Crippen LogP contribution in [0.25, 0.3) is 0 Å². The third-order valence-electron chi connectivity index (χ3n) is 4.05. The summed E-state index contributed by atoms with van der Waals surface area (Å²) in [5.41, 5.74) is 0.103. The summed E-state index contributed by atoms with van der Waals surface area (Å²) in [6, 6.07) is 4.21. The number of halogens is 1. The van der Waals surface area contributed by atoms with E-state index in [0.29, 0.717) is 0 Å². The van der Waals surface area contributed by atoms with Crippen LogP contribution in [0.5, 0.6) is 5.75 Å². The van der Waals surface area contributed by atoms with Crippen molar-refractivity contribution >= 4 is 25.6 Å². The van der Waals surface area contributed by atoms with E-state index in [1.165, 1.54) is 25.3 Å². The van der Waals surface area contributed by atoms with Crippen molar-refractivity contribution in [2.45, 2.75) is 43.0 Å². The molecule has 116 valence electrons. The van der Waals surface area contributed by atoms with Crippen molar-refractivity contribution < 1.29 is 17.9 Å². The topological polar surface area (TPSA) is 72.5 Å². The highest BCUT2D eigenvalue weighted by Crippen LogP contribution is 2.35. The minimum absolute atomic E-state index is 0.121. The minimum Gasteiger partial charge on any atom is -0.495 e. The zero-order valence-electron chi connectivity index (χ0n) is 12.0. The van der Waals surface area contributed by atoms with Crippen molar-refractivity contribution in [3.8, 4) is 5.75 Å². The maximum Gasteiger partial charge on any atom is 0.265 e. The Balaban J connectivity index is 2.30. The Morgan fingerprint density at radius 2 is 2.10 bits per heavy atom. The summed E-state index contributed by atoms with van der Waals surface area (Å²) in [4.78, 5) is 12.1. The summed E-state index contributed by atoms with van der Waals surface area (Å²) >= 11 is 0. The van der Waals surface area contributed by atoms with Gasteiger partial charge >= 0.3 is 0 Å². The van der Waals surface area contributed by atoms with Crippen LogP contribution < -0.4 is 10.1 Å². The molecule has 1 N–H and O–H groups in total. The van der Waals surface area contributed by atoms with Crippen LogP contribution in [-0.4, -0.2) is 27.0 Å². The first-order chi connectivity index (χ1) is 9.81. The number of benzene rings is 1. The Morgan fingerprint density at radius 3 is 2.52 bits per heavy atom. The summed E-state index contributed by atoms with van der Waals surface area (Å²) in [7, 11) is 2.75. The molecule has 1 aliphatic rings. The number of nitrogens with one attached hydrogen (secondary N) is 1. The fourth-order valence-electron chi connectivity index (χ4n) is 2.49. The number of ether oxygens (including phenoxy) is 1. The van der Waals surface area contributed by atoms with E-state index in [4.69, 9.17) is 15.4 Å². The van der Waals surface area contributed by atoms with Gasteiger partial charge in [0.1, 0.15) is 10.6 Å². The quantitative estimate of drug-likeness (QED) is 0.842. The van der Waals surface area contributed by atoms with Crippen LogP contribution in [0.1, 0.15) is 43.0 Å². The molecular weight excluding hydrogens is 314 g/mol. The highest BCUT2D eigenvalue weighted by Gasteiger charge is 2.36. The predicted molar refractivity (Wildman–Crippen MR) is 80.4 cm³/mol. The van der Waals surface area contributed by atoms with Gasteiger partial charge in [0, 0.05) is 21.8 Å². The van der Waals surface area contributed by atoms with Gasteiger partial charge in [-0.25, -0.2) is 8.42 Å². The number of hydrogen-bond acceptors (Lipinski definition) is 4. The van der Waals surface area contributed by atoms with Crippen LogP contribution in [-0.2, 0) is 9.05 Å². The van der Waals surface area contributed by atoms with E-state index in [0.717, 1.165) is 25.7 Å². The minimum atomic E-state index is -3.98. The van der Waals surface area contributed by atoms with E-state index < -0.39 is 9.05 Å². The Bertz CT molecular complexity index is 647. The molecule has 0 heterocycles. The molecule has 1 saturated carbocycles. The Morgan fingerprint density at radius 1 is 1.43 bits per heavy atom. The molecular formula is C14H18ClNO4S. The van der Waals surface area contributed by atoms with Crippen molar-refractivity contribution in [3.63, 3.8) is 0 Å². The highest BCUT2D eigenvalue weighted by molar-refractivity contribution is 8.13. The van der Waals surface area contributed by atoms with E-state index >= 15 is 0 Å². The average Bonchev–Trinajstić information content (AvgIpc) is 2.41. The van der Waals surface area contributed by atoms with Crippen LogP contribution in [0.15, 0.2) is 23.1 Å². The van der Waals surface area contributed by atoms with Crippen molar-refractivity contribution in [3.05, 3.63) is 23.8 Å². The standard InChI is InChI=1S/C14H18ClNO4S/c1-3-14(7-4-8-14)16-13(17)10-5-6-11(20-2)12(9-10)21(15,18)19/h5-6,9H,3-4,7-8H2,1-2H3,(H,16,17). The fraction of sp³-hybridized carbons (Fsp3) is 0.500. The first-order valence-electron chi connectivity index (χ1n) is 6.76. The van der Waals surface area contributed by atoms with Crippen molar-refractivity contribution in [1.82, 2.24) is 5.32 Å². The molecule has 0 aromatic heterocycles. The molecule has 0 aliphatic heterocycles. The van der Waals surface area contributed by atoms with Crippen LogP contribution in [0, 0.1) is 0 Å². The van der Waals surface area contributed by atoms with Crippen LogP contribution in [0.4, 0.5) is 0 Å². The predicted octanol–water partition coefficient (Wildman–Crippen LogP) is 2.69. The molecule has 0 bridgehead atoms. The SMILES string of the molecule is CCC1(NC(=O)c2ccc(OC)c(S(=O)(=O)Cl)c2)CCC1. The Labute approximate surface area is 129 Å². The summed E-state index contributed by atoms with van der Waals surface area (Å²) in [5.74, 6) is -0.170. The molecule has 1 fully saturated rings. The summed E-state index contributed by atoms with van der Waals surface area (Å²) in [5, 5.41) is 2.99. The Hall–Kier alpha value is -1.27. The molecule has 5 nitrogen and oxygen atoms in total. The summed E-state index contributed by atoms with van der Waals surface area (Å²) in [6.45, 7) is 2.03. The zero-order chi connectivity index (χ0) is 15.7. The van der Waals surface area contributed by atoms with Crippen molar-refractivity contribution in [2.24, 2.45) is 0 Å². The van der Waals surface area contributed by atoms with Gasteiger partial charge in [0.15, 0.2) is 0 Å². The second kappa shape index (κ2) is 5.85. The molecule has 1 aromatic carbocycles. The van der Waals surface area contributed by atoms with Crippen LogP contribution in [0.3, 0.4) is 0 Å². The van der Waals surface area contributed by atoms with Crippen molar-refractivity contribution in [1.29, 1.82) is 0 Å². The van der Waals surface area contributed by atoms with Gasteiger partial charge in [0.25, 0.3) is 15.0 Å². The lowest BCUT2D eigenvalue weighted by Crippen LogP contribution is -2.52. The number of hydrogen-bond donors (Lipinski definition) is 1. The van der Waals surface area contributed by atoms with Crippen LogP contribution in [0.2, 0.25) is 0 Å². The van der Waals surface area contributed by atoms with E-state index in [1.54, 1.807) is 0 Å². The summed E-state index contributed by atoms with van der Waals surface area (Å²) in [6.07, 6.45) is 3.85. The lowest BCUT2D eigenvalue weighted by atomic mass is 9.74. The van der Waals surface area contributed by atoms with Gasteiger partial charge in [-0.1, -0.05) is 6.92 Å². The molecule has 1 amide bonds. The number of methoxy groups -OCH3 is 1. The number of carbonyl (C=O) groups excluding carboxylic acids is 1. The van der Waals surface area contributed by atoms with Gasteiger partial charge in [0.05, 0.1) is 7.11 Å². The molecule has 7 heteroatoms. The first kappa shape index (κ1) is 16.1. The van der Waals surface area contributed by atoms with Gasteiger partial charge < -0.3 is 10.1 Å². The molecule has 0 saturated heterocycles. The second-order valence-electron chi connectivity index (χ2n) is 5.25. The zero-order valence-corrected chi connectivity index (χ0v) is 13.6. The van der Waals surface area contributed by atoms with Gasteiger partial charge in [-0.05, 0) is 43.9 Å². The molecule has 2 rings (SSSR count). The third-order valence-corrected chi connectivity index (χ3v) is 5.40. The normalized spacial score (nSPS) is 16.9. The third kappa shape index (κ3) is 3.32. The van der Waals surface area contributed by atoms with Crippen molar-refractivity contribution in [2.75, 3.05) is 7.11 Å². The molecule has 21 heavy (non-hydrogen) atoms. The average molecular weight is 332 g/mol. The van der Waals surface area contributed by atoms with E-state index in [2.05, 4.69) is 5.32 Å². The lowest BCUT2D eigenvalue weighted by molar-refractivity contribution is 0.0820. The number of carbonyl (C=O) groups is 1.